The van der Waals surface area contributed by atoms with Gasteiger partial charge < -0.3 is 5.32 Å². The van der Waals surface area contributed by atoms with Crippen LogP contribution in [0.4, 0.5) is 5.13 Å². The third kappa shape index (κ3) is 4.42. The van der Waals surface area contributed by atoms with E-state index in [-0.39, 0.29) is 5.91 Å². The van der Waals surface area contributed by atoms with Crippen LogP contribution in [-0.2, 0) is 17.6 Å². The summed E-state index contributed by atoms with van der Waals surface area (Å²) in [4.78, 5) is 11.8. The first-order valence-electron chi connectivity index (χ1n) is 6.85. The maximum absolute atomic E-state index is 11.8. The van der Waals surface area contributed by atoms with Crippen LogP contribution in [0.15, 0.2) is 24.3 Å². The van der Waals surface area contributed by atoms with E-state index >= 15 is 0 Å². The Balaban J connectivity index is 1.81. The molecule has 0 saturated carbocycles. The molecular formula is C15H19N3OS. The van der Waals surface area contributed by atoms with Crippen LogP contribution in [-0.4, -0.2) is 16.1 Å². The van der Waals surface area contributed by atoms with Gasteiger partial charge in [0.25, 0.3) is 0 Å². The van der Waals surface area contributed by atoms with Crippen LogP contribution in [0.5, 0.6) is 0 Å². The number of anilines is 1. The van der Waals surface area contributed by atoms with Crippen LogP contribution in [0.1, 0.15) is 35.9 Å². The third-order valence-corrected chi connectivity index (χ3v) is 3.84. The van der Waals surface area contributed by atoms with Crippen LogP contribution < -0.4 is 5.32 Å². The highest BCUT2D eigenvalue weighted by Crippen LogP contribution is 2.17. The number of amides is 1. The number of benzene rings is 1. The summed E-state index contributed by atoms with van der Waals surface area (Å²) in [6.07, 6.45) is 3.16. The largest absolute Gasteiger partial charge is 0.301 e. The van der Waals surface area contributed by atoms with E-state index in [1.54, 1.807) is 0 Å². The molecule has 0 bridgehead atoms. The lowest BCUT2D eigenvalue weighted by atomic mass is 10.1. The molecule has 1 aromatic heterocycles. The van der Waals surface area contributed by atoms with Gasteiger partial charge in [-0.2, -0.15) is 0 Å². The summed E-state index contributed by atoms with van der Waals surface area (Å²) in [6.45, 7) is 4.15. The van der Waals surface area contributed by atoms with Gasteiger partial charge in [-0.25, -0.2) is 0 Å². The highest BCUT2D eigenvalue weighted by atomic mass is 32.1. The number of rotatable bonds is 6. The van der Waals surface area contributed by atoms with Gasteiger partial charge >= 0.3 is 0 Å². The van der Waals surface area contributed by atoms with Gasteiger partial charge in [0.1, 0.15) is 5.01 Å². The molecule has 1 amide bonds. The van der Waals surface area contributed by atoms with Crippen molar-refractivity contribution in [2.75, 3.05) is 5.32 Å². The molecule has 0 aliphatic carbocycles. The Hall–Kier alpha value is -1.75. The van der Waals surface area contributed by atoms with Crippen LogP contribution in [0.2, 0.25) is 0 Å². The summed E-state index contributed by atoms with van der Waals surface area (Å²) in [5.74, 6) is -0.00947. The first kappa shape index (κ1) is 14.7. The fourth-order valence-electron chi connectivity index (χ4n) is 1.81. The number of carbonyl (C=O) groups is 1. The molecule has 0 aliphatic rings. The summed E-state index contributed by atoms with van der Waals surface area (Å²) < 4.78 is 0. The second-order valence-corrected chi connectivity index (χ2v) is 5.85. The van der Waals surface area contributed by atoms with Gasteiger partial charge in [0.15, 0.2) is 0 Å². The van der Waals surface area contributed by atoms with Crippen molar-refractivity contribution in [3.63, 3.8) is 0 Å². The van der Waals surface area contributed by atoms with E-state index in [4.69, 9.17) is 0 Å². The number of aryl methyl sites for hydroxylation is 3. The van der Waals surface area contributed by atoms with Gasteiger partial charge in [-0.3, -0.25) is 4.79 Å². The zero-order valence-corrected chi connectivity index (χ0v) is 12.7. The second-order valence-electron chi connectivity index (χ2n) is 4.78. The molecule has 20 heavy (non-hydrogen) atoms. The summed E-state index contributed by atoms with van der Waals surface area (Å²) in [5.41, 5.74) is 2.41. The lowest BCUT2D eigenvalue weighted by molar-refractivity contribution is -0.116. The van der Waals surface area contributed by atoms with Crippen molar-refractivity contribution in [3.05, 3.63) is 40.4 Å². The van der Waals surface area contributed by atoms with Crippen molar-refractivity contribution >= 4 is 22.4 Å². The summed E-state index contributed by atoms with van der Waals surface area (Å²) in [5, 5.41) is 12.4. The lowest BCUT2D eigenvalue weighted by Gasteiger charge is -2.02. The fraction of sp³-hybridized carbons (Fsp3) is 0.400. The minimum Gasteiger partial charge on any atom is -0.301 e. The van der Waals surface area contributed by atoms with E-state index < -0.39 is 0 Å². The van der Waals surface area contributed by atoms with Gasteiger partial charge in [-0.1, -0.05) is 48.1 Å². The van der Waals surface area contributed by atoms with Gasteiger partial charge in [0, 0.05) is 12.8 Å². The number of carbonyl (C=O) groups excluding carboxylic acids is 1. The van der Waals surface area contributed by atoms with Crippen LogP contribution in [0, 0.1) is 6.92 Å². The molecule has 2 rings (SSSR count). The van der Waals surface area contributed by atoms with E-state index in [1.165, 1.54) is 22.5 Å². The Labute approximate surface area is 123 Å². The zero-order chi connectivity index (χ0) is 14.4. The van der Waals surface area contributed by atoms with Gasteiger partial charge in [0.05, 0.1) is 0 Å². The zero-order valence-electron chi connectivity index (χ0n) is 11.8. The van der Waals surface area contributed by atoms with Crippen LogP contribution in [0.25, 0.3) is 0 Å². The highest BCUT2D eigenvalue weighted by molar-refractivity contribution is 7.15. The number of nitrogens with zero attached hydrogens (tertiary/aromatic N) is 2. The summed E-state index contributed by atoms with van der Waals surface area (Å²) >= 11 is 1.46. The van der Waals surface area contributed by atoms with Gasteiger partial charge in [0.2, 0.25) is 11.0 Å². The summed E-state index contributed by atoms with van der Waals surface area (Å²) in [6, 6.07) is 8.25. The van der Waals surface area contributed by atoms with Crippen molar-refractivity contribution in [1.82, 2.24) is 10.2 Å². The Kier molecular flexibility index (Phi) is 5.24. The van der Waals surface area contributed by atoms with Crippen molar-refractivity contribution in [1.29, 1.82) is 0 Å². The molecule has 0 radical (unpaired) electrons. The van der Waals surface area contributed by atoms with Crippen molar-refractivity contribution < 1.29 is 4.79 Å². The molecule has 0 saturated heterocycles. The Morgan fingerprint density at radius 1 is 1.20 bits per heavy atom. The Bertz CT molecular complexity index is 563. The molecule has 0 unspecified atom stereocenters. The van der Waals surface area contributed by atoms with E-state index in [2.05, 4.69) is 53.6 Å². The first-order chi connectivity index (χ1) is 9.67. The van der Waals surface area contributed by atoms with Gasteiger partial charge in [-0.05, 0) is 25.3 Å². The average molecular weight is 289 g/mol. The molecule has 0 spiro atoms. The summed E-state index contributed by atoms with van der Waals surface area (Å²) in [7, 11) is 0. The molecule has 106 valence electrons. The molecule has 1 heterocycles. The normalized spacial score (nSPS) is 10.5. The number of aromatic nitrogens is 2. The Morgan fingerprint density at radius 2 is 1.95 bits per heavy atom. The molecule has 0 fully saturated rings. The predicted octanol–water partition coefficient (Wildman–Crippen LogP) is 3.37. The molecular weight excluding hydrogens is 270 g/mol. The molecule has 0 aliphatic heterocycles. The first-order valence-corrected chi connectivity index (χ1v) is 7.67. The lowest BCUT2D eigenvalue weighted by Crippen LogP contribution is -2.12. The smallest absolute Gasteiger partial charge is 0.226 e. The quantitative estimate of drug-likeness (QED) is 0.887. The van der Waals surface area contributed by atoms with Crippen LogP contribution >= 0.6 is 11.3 Å². The van der Waals surface area contributed by atoms with Crippen LogP contribution in [0.3, 0.4) is 0 Å². The van der Waals surface area contributed by atoms with E-state index in [9.17, 15) is 4.79 Å². The van der Waals surface area contributed by atoms with E-state index in [0.717, 1.165) is 24.3 Å². The monoisotopic (exact) mass is 289 g/mol. The van der Waals surface area contributed by atoms with E-state index in [0.29, 0.717) is 11.6 Å². The average Bonchev–Trinajstić information content (AvgIpc) is 2.86. The van der Waals surface area contributed by atoms with Crippen molar-refractivity contribution in [2.24, 2.45) is 0 Å². The number of hydrogen-bond donors (Lipinski definition) is 1. The molecule has 1 N–H and O–H groups in total. The second kappa shape index (κ2) is 7.14. The molecule has 4 nitrogen and oxygen atoms in total. The number of hydrogen-bond acceptors (Lipinski definition) is 4. The predicted molar refractivity (Wildman–Crippen MR) is 82.0 cm³/mol. The molecule has 0 atom stereocenters. The highest BCUT2D eigenvalue weighted by Gasteiger charge is 2.08. The Morgan fingerprint density at radius 3 is 2.65 bits per heavy atom. The maximum atomic E-state index is 11.8. The minimum absolute atomic E-state index is 0.00947. The SMILES string of the molecule is CCCc1nnc(NC(=O)CCc2ccc(C)cc2)s1. The van der Waals surface area contributed by atoms with E-state index in [1.807, 2.05) is 0 Å². The third-order valence-electron chi connectivity index (χ3n) is 2.94. The van der Waals surface area contributed by atoms with Gasteiger partial charge in [-0.15, -0.1) is 10.2 Å². The molecule has 2 aromatic rings. The van der Waals surface area contributed by atoms with Crippen molar-refractivity contribution in [3.8, 4) is 0 Å². The topological polar surface area (TPSA) is 54.9 Å². The molecule has 5 heteroatoms. The minimum atomic E-state index is -0.00947. The molecule has 1 aromatic carbocycles. The number of nitrogens with one attached hydrogen (secondary N) is 1. The maximum Gasteiger partial charge on any atom is 0.226 e. The fourth-order valence-corrected chi connectivity index (χ4v) is 2.67. The van der Waals surface area contributed by atoms with Crippen molar-refractivity contribution in [2.45, 2.75) is 39.5 Å². The standard InChI is InChI=1S/C15H19N3OS/c1-3-4-14-17-18-15(20-14)16-13(19)10-9-12-7-5-11(2)6-8-12/h5-8H,3-4,9-10H2,1-2H3,(H,16,18,19).